The second-order valence-corrected chi connectivity index (χ2v) is 24.3. The van der Waals surface area contributed by atoms with Gasteiger partial charge in [-0.15, -0.1) is 0 Å². The molecule has 0 unspecified atom stereocenters. The van der Waals surface area contributed by atoms with Crippen LogP contribution in [0.4, 0.5) is 0 Å². The minimum atomic E-state index is -3.18. The Morgan fingerprint density at radius 1 is 0.604 bits per heavy atom. The first-order chi connectivity index (χ1) is 23.6. The van der Waals surface area contributed by atoms with Gasteiger partial charge in [0.2, 0.25) is 0 Å². The monoisotopic (exact) mass is 764 g/mol. The Kier molecular flexibility index (Phi) is 20.1. The molecule has 5 nitrogen and oxygen atoms in total. The zero-order valence-electron chi connectivity index (χ0n) is 29.9. The third kappa shape index (κ3) is 14.3. The topological polar surface area (TPSA) is 46.2 Å². The summed E-state index contributed by atoms with van der Waals surface area (Å²) >= 11 is -3.18. The van der Waals surface area contributed by atoms with Crippen molar-refractivity contribution in [3.05, 3.63) is 132 Å². The van der Waals surface area contributed by atoms with Crippen LogP contribution in [0.25, 0.3) is 0 Å². The van der Waals surface area contributed by atoms with Gasteiger partial charge in [-0.2, -0.15) is 0 Å². The van der Waals surface area contributed by atoms with Gasteiger partial charge >= 0.3 is 297 Å². The normalized spacial score (nSPS) is 14.5. The molecule has 0 fully saturated rings. The van der Waals surface area contributed by atoms with Crippen molar-refractivity contribution in [2.45, 2.75) is 117 Å². The number of benzene rings is 3. The molecule has 0 radical (unpaired) electrons. The summed E-state index contributed by atoms with van der Waals surface area (Å²) in [5.74, 6) is 0. The van der Waals surface area contributed by atoms with Crippen molar-refractivity contribution >= 4 is 18.8 Å². The standard InChI is InChI=1S/C30H33O5.3C4H9.Sn/c1-3-4-20-27(33-21-24-14-8-5-9-15-24)28(34-22-25-16-10-6-11-17-25)29(30(31)32-2)35-23-26-18-12-7-13-19-26;3*1-3-4-2;/h3-20,27-30H,1,21-23H2,2H3;3*1,3-4H2,2H3;/q-1;;;;+1/b20-4+;;;;/t27-,28+,29+,30-;;;;/m1..../s1. The average molecular weight is 764 g/mol. The van der Waals surface area contributed by atoms with E-state index in [2.05, 4.69) is 63.7 Å². The van der Waals surface area contributed by atoms with Gasteiger partial charge < -0.3 is 0 Å². The summed E-state index contributed by atoms with van der Waals surface area (Å²) in [6, 6.07) is 30.8. The molecule has 6 heteroatoms. The van der Waals surface area contributed by atoms with E-state index in [1.54, 1.807) is 13.2 Å². The summed E-state index contributed by atoms with van der Waals surface area (Å²) in [4.78, 5) is 0. The van der Waals surface area contributed by atoms with Crippen molar-refractivity contribution in [1.29, 1.82) is 0 Å². The summed E-state index contributed by atoms with van der Waals surface area (Å²) in [7, 11) is 1.76. The van der Waals surface area contributed by atoms with Crippen molar-refractivity contribution in [1.82, 2.24) is 0 Å². The van der Waals surface area contributed by atoms with E-state index < -0.39 is 43.4 Å². The summed E-state index contributed by atoms with van der Waals surface area (Å²) in [6.07, 6.45) is 10.6. The molecule has 0 aliphatic heterocycles. The molecule has 3 aromatic carbocycles. The Hall–Kier alpha value is -2.26. The van der Waals surface area contributed by atoms with Crippen LogP contribution < -0.4 is 0 Å². The van der Waals surface area contributed by atoms with Crippen LogP contribution in [0, 0.1) is 0 Å². The molecular formula is C42H60O5Sn. The third-order valence-corrected chi connectivity index (χ3v) is 21.7. The molecule has 3 aromatic rings. The zero-order chi connectivity index (χ0) is 34.3. The summed E-state index contributed by atoms with van der Waals surface area (Å²) in [5.41, 5.74) is 3.25. The van der Waals surface area contributed by atoms with Gasteiger partial charge in [0.15, 0.2) is 0 Å². The molecule has 0 N–H and O–H groups in total. The Morgan fingerprint density at radius 2 is 1.02 bits per heavy atom. The number of unbranched alkanes of at least 4 members (excludes halogenated alkanes) is 3. The third-order valence-electron chi connectivity index (χ3n) is 8.76. The Balaban J connectivity index is 2.08. The molecule has 0 aromatic heterocycles. The van der Waals surface area contributed by atoms with Gasteiger partial charge in [0, 0.05) is 0 Å². The van der Waals surface area contributed by atoms with Crippen molar-refractivity contribution in [3.8, 4) is 0 Å². The molecule has 0 bridgehead atoms. The first-order valence-corrected chi connectivity index (χ1v) is 25.3. The molecule has 0 saturated carbocycles. The van der Waals surface area contributed by atoms with Gasteiger partial charge in [0.25, 0.3) is 0 Å². The van der Waals surface area contributed by atoms with Crippen molar-refractivity contribution in [3.63, 3.8) is 0 Å². The second kappa shape index (κ2) is 24.0. The molecule has 0 amide bonds. The van der Waals surface area contributed by atoms with Crippen LogP contribution in [0.3, 0.4) is 0 Å². The maximum absolute atomic E-state index is 7.48. The SMILES string of the molecule is C=C/C=C/[C@@H](OCc1ccccc1)[C@H](OCc1ccccc1)[C@H](OCc1ccccc1)[C@@H](OC)[O][Sn]([CH2]CCC)([CH2]CCC)[CH2]CCC. The number of rotatable bonds is 26. The van der Waals surface area contributed by atoms with Crippen LogP contribution in [-0.2, 0) is 41.8 Å². The molecule has 0 aliphatic rings. The number of methoxy groups -OCH3 is 1. The fourth-order valence-corrected chi connectivity index (χ4v) is 19.8. The van der Waals surface area contributed by atoms with Gasteiger partial charge in [0.05, 0.1) is 0 Å². The number of hydrogen-bond acceptors (Lipinski definition) is 5. The van der Waals surface area contributed by atoms with Crippen molar-refractivity contribution < 1.29 is 22.0 Å². The van der Waals surface area contributed by atoms with Gasteiger partial charge in [0.1, 0.15) is 0 Å². The maximum atomic E-state index is 7.48. The van der Waals surface area contributed by atoms with Crippen LogP contribution in [0.1, 0.15) is 76.0 Å². The fourth-order valence-electron chi connectivity index (χ4n) is 6.00. The molecule has 0 spiro atoms. The van der Waals surface area contributed by atoms with Crippen molar-refractivity contribution in [2.75, 3.05) is 7.11 Å². The number of allylic oxidation sites excluding steroid dienone is 2. The minimum absolute atomic E-state index is 0.399. The molecule has 0 saturated heterocycles. The van der Waals surface area contributed by atoms with Gasteiger partial charge in [-0.25, -0.2) is 0 Å². The second-order valence-electron chi connectivity index (χ2n) is 12.6. The summed E-state index contributed by atoms with van der Waals surface area (Å²) < 4.78 is 37.9. The molecular weight excluding hydrogens is 703 g/mol. The van der Waals surface area contributed by atoms with Gasteiger partial charge in [-0.1, -0.05) is 0 Å². The van der Waals surface area contributed by atoms with Gasteiger partial charge in [-0.3, -0.25) is 0 Å². The van der Waals surface area contributed by atoms with E-state index in [-0.39, 0.29) is 0 Å². The van der Waals surface area contributed by atoms with Crippen LogP contribution in [0.5, 0.6) is 0 Å². The number of hydrogen-bond donors (Lipinski definition) is 0. The average Bonchev–Trinajstić information content (AvgIpc) is 3.14. The molecule has 262 valence electrons. The van der Waals surface area contributed by atoms with E-state index in [0.717, 1.165) is 36.0 Å². The molecule has 3 rings (SSSR count). The molecule has 0 aliphatic carbocycles. The van der Waals surface area contributed by atoms with E-state index in [1.165, 1.54) is 32.6 Å². The molecule has 4 atom stereocenters. The van der Waals surface area contributed by atoms with Crippen LogP contribution >= 0.6 is 0 Å². The zero-order valence-corrected chi connectivity index (χ0v) is 32.8. The van der Waals surface area contributed by atoms with Crippen molar-refractivity contribution in [2.24, 2.45) is 0 Å². The first kappa shape index (κ1) is 40.2. The number of ether oxygens (including phenoxy) is 4. The predicted molar refractivity (Wildman–Crippen MR) is 201 cm³/mol. The first-order valence-electron chi connectivity index (χ1n) is 18.0. The Morgan fingerprint density at radius 3 is 1.42 bits per heavy atom. The molecule has 48 heavy (non-hydrogen) atoms. The van der Waals surface area contributed by atoms with E-state index in [4.69, 9.17) is 22.0 Å². The van der Waals surface area contributed by atoms with Crippen LogP contribution in [-0.4, -0.2) is 50.5 Å². The molecule has 0 heterocycles. The van der Waals surface area contributed by atoms with E-state index in [1.807, 2.05) is 66.7 Å². The van der Waals surface area contributed by atoms with E-state index in [0.29, 0.717) is 19.8 Å². The van der Waals surface area contributed by atoms with Crippen LogP contribution in [0.15, 0.2) is 116 Å². The Bertz CT molecular complexity index is 1230. The Labute approximate surface area is 296 Å². The predicted octanol–water partition coefficient (Wildman–Crippen LogP) is 10.8. The fraction of sp³-hybridized carbons (Fsp3) is 0.476. The van der Waals surface area contributed by atoms with E-state index >= 15 is 0 Å². The van der Waals surface area contributed by atoms with Crippen LogP contribution in [0.2, 0.25) is 13.3 Å². The summed E-state index contributed by atoms with van der Waals surface area (Å²) in [5, 5.41) is 0. The quantitative estimate of drug-likeness (QED) is 0.0463. The van der Waals surface area contributed by atoms with Gasteiger partial charge in [-0.05, 0) is 0 Å². The van der Waals surface area contributed by atoms with E-state index in [9.17, 15) is 0 Å². The summed E-state index contributed by atoms with van der Waals surface area (Å²) in [6.45, 7) is 12.0.